The number of amides is 1. The molecule has 1 heterocycles. The SMILES string of the molecule is CC(C)N(Cc1cccs1)C(=O)CCCCCCN. The van der Waals surface area contributed by atoms with Crippen molar-refractivity contribution in [2.75, 3.05) is 6.54 Å². The van der Waals surface area contributed by atoms with Crippen molar-refractivity contribution in [3.8, 4) is 0 Å². The molecule has 4 heteroatoms. The number of nitrogens with zero attached hydrogens (tertiary/aromatic N) is 1. The molecule has 2 N–H and O–H groups in total. The molecule has 0 radical (unpaired) electrons. The molecule has 0 aliphatic carbocycles. The number of unbranched alkanes of at least 4 members (excludes halogenated alkanes) is 3. The van der Waals surface area contributed by atoms with Crippen LogP contribution >= 0.6 is 11.3 Å². The second-order valence-electron chi connectivity index (χ2n) is 5.15. The van der Waals surface area contributed by atoms with E-state index in [0.717, 1.165) is 38.8 Å². The molecule has 19 heavy (non-hydrogen) atoms. The molecule has 108 valence electrons. The molecule has 0 aromatic carbocycles. The molecule has 1 amide bonds. The first kappa shape index (κ1) is 16.2. The zero-order chi connectivity index (χ0) is 14.1. The number of carbonyl (C=O) groups is 1. The van der Waals surface area contributed by atoms with Crippen molar-refractivity contribution in [1.82, 2.24) is 4.90 Å². The summed E-state index contributed by atoms with van der Waals surface area (Å²) in [6, 6.07) is 4.39. The van der Waals surface area contributed by atoms with E-state index in [2.05, 4.69) is 25.3 Å². The van der Waals surface area contributed by atoms with Gasteiger partial charge in [0, 0.05) is 17.3 Å². The summed E-state index contributed by atoms with van der Waals surface area (Å²) in [5.41, 5.74) is 5.46. The smallest absolute Gasteiger partial charge is 0.223 e. The van der Waals surface area contributed by atoms with E-state index in [1.165, 1.54) is 4.88 Å². The van der Waals surface area contributed by atoms with Gasteiger partial charge in [-0.15, -0.1) is 11.3 Å². The minimum atomic E-state index is 0.263. The Morgan fingerprint density at radius 3 is 2.63 bits per heavy atom. The maximum atomic E-state index is 12.2. The third kappa shape index (κ3) is 6.21. The van der Waals surface area contributed by atoms with E-state index in [4.69, 9.17) is 5.73 Å². The Kier molecular flexibility index (Phi) is 7.75. The van der Waals surface area contributed by atoms with Crippen LogP contribution in [0, 0.1) is 0 Å². The van der Waals surface area contributed by atoms with E-state index < -0.39 is 0 Å². The van der Waals surface area contributed by atoms with Crippen LogP contribution < -0.4 is 5.73 Å². The Morgan fingerprint density at radius 2 is 2.05 bits per heavy atom. The molecule has 0 saturated carbocycles. The van der Waals surface area contributed by atoms with Crippen LogP contribution in [0.5, 0.6) is 0 Å². The summed E-state index contributed by atoms with van der Waals surface area (Å²) < 4.78 is 0. The lowest BCUT2D eigenvalue weighted by Gasteiger charge is -2.26. The van der Waals surface area contributed by atoms with Gasteiger partial charge in [-0.25, -0.2) is 0 Å². The van der Waals surface area contributed by atoms with Crippen molar-refractivity contribution >= 4 is 17.2 Å². The molecule has 0 unspecified atom stereocenters. The second-order valence-corrected chi connectivity index (χ2v) is 6.18. The fourth-order valence-corrected chi connectivity index (χ4v) is 2.75. The van der Waals surface area contributed by atoms with E-state index >= 15 is 0 Å². The highest BCUT2D eigenvalue weighted by Gasteiger charge is 2.17. The summed E-state index contributed by atoms with van der Waals surface area (Å²) in [6.07, 6.45) is 4.95. The number of nitrogens with two attached hydrogens (primary N) is 1. The third-order valence-electron chi connectivity index (χ3n) is 3.19. The molecule has 0 spiro atoms. The highest BCUT2D eigenvalue weighted by Crippen LogP contribution is 2.16. The lowest BCUT2D eigenvalue weighted by Crippen LogP contribution is -2.35. The van der Waals surface area contributed by atoms with E-state index in [-0.39, 0.29) is 11.9 Å². The predicted molar refractivity (Wildman–Crippen MR) is 82.1 cm³/mol. The first-order valence-electron chi connectivity index (χ1n) is 7.17. The van der Waals surface area contributed by atoms with Gasteiger partial charge >= 0.3 is 0 Å². The highest BCUT2D eigenvalue weighted by atomic mass is 32.1. The Labute approximate surface area is 120 Å². The molecule has 1 aromatic heterocycles. The van der Waals surface area contributed by atoms with Gasteiger partial charge in [-0.3, -0.25) is 4.79 Å². The quantitative estimate of drug-likeness (QED) is 0.706. The molecule has 0 bridgehead atoms. The van der Waals surface area contributed by atoms with E-state index in [0.29, 0.717) is 6.42 Å². The van der Waals surface area contributed by atoms with Crippen molar-refractivity contribution in [3.05, 3.63) is 22.4 Å². The zero-order valence-corrected chi connectivity index (χ0v) is 12.9. The lowest BCUT2D eigenvalue weighted by atomic mass is 10.1. The number of thiophene rings is 1. The van der Waals surface area contributed by atoms with Gasteiger partial charge in [0.25, 0.3) is 0 Å². The van der Waals surface area contributed by atoms with Crippen LogP contribution in [-0.4, -0.2) is 23.4 Å². The summed E-state index contributed by atoms with van der Waals surface area (Å²) in [5.74, 6) is 0.274. The fraction of sp³-hybridized carbons (Fsp3) is 0.667. The van der Waals surface area contributed by atoms with Gasteiger partial charge in [-0.1, -0.05) is 18.9 Å². The standard InChI is InChI=1S/C15H26N2OS/c1-13(2)17(12-14-8-7-11-19-14)15(18)9-5-3-4-6-10-16/h7-8,11,13H,3-6,9-10,12,16H2,1-2H3. The normalized spacial score (nSPS) is 10.9. The van der Waals surface area contributed by atoms with E-state index in [9.17, 15) is 4.79 Å². The first-order valence-corrected chi connectivity index (χ1v) is 8.05. The molecule has 0 fully saturated rings. The molecule has 0 aliphatic rings. The monoisotopic (exact) mass is 282 g/mol. The summed E-state index contributed by atoms with van der Waals surface area (Å²) in [7, 11) is 0. The summed E-state index contributed by atoms with van der Waals surface area (Å²) >= 11 is 1.71. The molecular weight excluding hydrogens is 256 g/mol. The lowest BCUT2D eigenvalue weighted by molar-refractivity contribution is -0.133. The topological polar surface area (TPSA) is 46.3 Å². The van der Waals surface area contributed by atoms with Gasteiger partial charge in [-0.05, 0) is 44.7 Å². The average molecular weight is 282 g/mol. The number of rotatable bonds is 9. The second kappa shape index (κ2) is 9.10. The minimum Gasteiger partial charge on any atom is -0.335 e. The molecule has 3 nitrogen and oxygen atoms in total. The Hall–Kier alpha value is -0.870. The molecular formula is C15H26N2OS. The van der Waals surface area contributed by atoms with E-state index in [1.54, 1.807) is 11.3 Å². The van der Waals surface area contributed by atoms with Crippen molar-refractivity contribution in [1.29, 1.82) is 0 Å². The Morgan fingerprint density at radius 1 is 1.32 bits per heavy atom. The predicted octanol–water partition coefficient (Wildman–Crippen LogP) is 3.39. The number of hydrogen-bond acceptors (Lipinski definition) is 3. The maximum Gasteiger partial charge on any atom is 0.223 e. The molecule has 1 aromatic rings. The minimum absolute atomic E-state index is 0.263. The van der Waals surface area contributed by atoms with Crippen LogP contribution in [0.15, 0.2) is 17.5 Å². The molecule has 0 atom stereocenters. The number of carbonyl (C=O) groups excluding carboxylic acids is 1. The van der Waals surface area contributed by atoms with Gasteiger partial charge in [-0.2, -0.15) is 0 Å². The fourth-order valence-electron chi connectivity index (χ4n) is 2.05. The number of hydrogen-bond donors (Lipinski definition) is 1. The largest absolute Gasteiger partial charge is 0.335 e. The highest BCUT2D eigenvalue weighted by molar-refractivity contribution is 7.09. The summed E-state index contributed by atoms with van der Waals surface area (Å²) in [6.45, 7) is 5.67. The van der Waals surface area contributed by atoms with Crippen LogP contribution in [0.4, 0.5) is 0 Å². The molecule has 0 aliphatic heterocycles. The van der Waals surface area contributed by atoms with Crippen LogP contribution in [0.1, 0.15) is 50.8 Å². The summed E-state index contributed by atoms with van der Waals surface area (Å²) in [5, 5.41) is 2.06. The molecule has 1 rings (SSSR count). The summed E-state index contributed by atoms with van der Waals surface area (Å²) in [4.78, 5) is 15.5. The Balaban J connectivity index is 2.36. The van der Waals surface area contributed by atoms with Gasteiger partial charge in [0.15, 0.2) is 0 Å². The zero-order valence-electron chi connectivity index (χ0n) is 12.1. The van der Waals surface area contributed by atoms with Crippen molar-refractivity contribution in [3.63, 3.8) is 0 Å². The van der Waals surface area contributed by atoms with Crippen LogP contribution in [0.3, 0.4) is 0 Å². The van der Waals surface area contributed by atoms with E-state index in [1.807, 2.05) is 11.0 Å². The molecule has 0 saturated heterocycles. The van der Waals surface area contributed by atoms with Gasteiger partial charge in [0.2, 0.25) is 5.91 Å². The Bertz CT molecular complexity index is 349. The van der Waals surface area contributed by atoms with Crippen molar-refractivity contribution < 1.29 is 4.79 Å². The van der Waals surface area contributed by atoms with Gasteiger partial charge in [0.1, 0.15) is 0 Å². The van der Waals surface area contributed by atoms with Crippen LogP contribution in [0.2, 0.25) is 0 Å². The average Bonchev–Trinajstić information content (AvgIpc) is 2.88. The third-order valence-corrected chi connectivity index (χ3v) is 4.06. The van der Waals surface area contributed by atoms with Crippen LogP contribution in [-0.2, 0) is 11.3 Å². The first-order chi connectivity index (χ1) is 9.15. The van der Waals surface area contributed by atoms with Gasteiger partial charge < -0.3 is 10.6 Å². The van der Waals surface area contributed by atoms with Crippen molar-refractivity contribution in [2.45, 2.75) is 58.5 Å². The van der Waals surface area contributed by atoms with Crippen LogP contribution in [0.25, 0.3) is 0 Å². The van der Waals surface area contributed by atoms with Crippen molar-refractivity contribution in [2.24, 2.45) is 5.73 Å². The maximum absolute atomic E-state index is 12.2. The van der Waals surface area contributed by atoms with Gasteiger partial charge in [0.05, 0.1) is 6.54 Å².